The number of ether oxygens (including phenoxy) is 1. The van der Waals surface area contributed by atoms with Gasteiger partial charge in [-0.2, -0.15) is 0 Å². The number of amides is 2. The Hall–Kier alpha value is -1.30. The van der Waals surface area contributed by atoms with Crippen LogP contribution in [0.3, 0.4) is 0 Å². The highest BCUT2D eigenvalue weighted by atomic mass is 16.6. The van der Waals surface area contributed by atoms with Crippen molar-refractivity contribution in [2.45, 2.75) is 77.6 Å². The average Bonchev–Trinajstić information content (AvgIpc) is 3.12. The molecule has 1 aliphatic heterocycles. The second kappa shape index (κ2) is 6.67. The van der Waals surface area contributed by atoms with Gasteiger partial charge < -0.3 is 20.3 Å². The Morgan fingerprint density at radius 1 is 1.17 bits per heavy atom. The lowest BCUT2D eigenvalue weighted by Crippen LogP contribution is -2.52. The maximum absolute atomic E-state index is 12.7. The predicted molar refractivity (Wildman–Crippen MR) is 88.9 cm³/mol. The lowest BCUT2D eigenvalue weighted by Gasteiger charge is -2.32. The minimum Gasteiger partial charge on any atom is -0.444 e. The summed E-state index contributed by atoms with van der Waals surface area (Å²) in [7, 11) is 0. The molecule has 0 aromatic heterocycles. The van der Waals surface area contributed by atoms with Crippen molar-refractivity contribution in [1.82, 2.24) is 9.80 Å². The van der Waals surface area contributed by atoms with Gasteiger partial charge in [0, 0.05) is 19.1 Å². The summed E-state index contributed by atoms with van der Waals surface area (Å²) < 4.78 is 5.43. The first-order valence-corrected chi connectivity index (χ1v) is 8.66. The molecule has 23 heavy (non-hydrogen) atoms. The van der Waals surface area contributed by atoms with E-state index in [9.17, 15) is 9.59 Å². The molecule has 6 heteroatoms. The Labute approximate surface area is 139 Å². The van der Waals surface area contributed by atoms with Crippen LogP contribution in [-0.2, 0) is 9.53 Å². The van der Waals surface area contributed by atoms with Crippen LogP contribution in [0.25, 0.3) is 0 Å². The van der Waals surface area contributed by atoms with E-state index < -0.39 is 11.6 Å². The van der Waals surface area contributed by atoms with E-state index in [1.165, 1.54) is 0 Å². The van der Waals surface area contributed by atoms with Gasteiger partial charge in [-0.15, -0.1) is 0 Å². The van der Waals surface area contributed by atoms with Crippen molar-refractivity contribution in [2.24, 2.45) is 11.7 Å². The van der Waals surface area contributed by atoms with Crippen molar-refractivity contribution < 1.29 is 14.3 Å². The number of carbonyl (C=O) groups excluding carboxylic acids is 2. The maximum atomic E-state index is 12.7. The summed E-state index contributed by atoms with van der Waals surface area (Å²) in [6.45, 7) is 10.7. The highest BCUT2D eigenvalue weighted by molar-refractivity contribution is 5.83. The smallest absolute Gasteiger partial charge is 0.410 e. The molecule has 0 aromatic rings. The van der Waals surface area contributed by atoms with E-state index >= 15 is 0 Å². The van der Waals surface area contributed by atoms with Crippen molar-refractivity contribution in [1.29, 1.82) is 0 Å². The average molecular weight is 325 g/mol. The molecule has 1 saturated heterocycles. The second-order valence-corrected chi connectivity index (χ2v) is 8.12. The first-order chi connectivity index (χ1) is 10.6. The molecule has 1 heterocycles. The van der Waals surface area contributed by atoms with E-state index in [0.717, 1.165) is 19.3 Å². The molecule has 0 unspecified atom stereocenters. The van der Waals surface area contributed by atoms with Crippen LogP contribution in [0.5, 0.6) is 0 Å². The Morgan fingerprint density at radius 3 is 2.26 bits per heavy atom. The van der Waals surface area contributed by atoms with Crippen molar-refractivity contribution in [3.8, 4) is 0 Å². The monoisotopic (exact) mass is 325 g/mol. The van der Waals surface area contributed by atoms with Crippen molar-refractivity contribution in [3.05, 3.63) is 0 Å². The summed E-state index contributed by atoms with van der Waals surface area (Å²) in [4.78, 5) is 28.6. The lowest BCUT2D eigenvalue weighted by atomic mass is 10.0. The minimum absolute atomic E-state index is 0.0264. The first-order valence-electron chi connectivity index (χ1n) is 8.66. The van der Waals surface area contributed by atoms with Gasteiger partial charge in [-0.1, -0.05) is 13.8 Å². The van der Waals surface area contributed by atoms with Crippen molar-refractivity contribution in [3.63, 3.8) is 0 Å². The van der Waals surface area contributed by atoms with Crippen molar-refractivity contribution >= 4 is 12.0 Å². The highest BCUT2D eigenvalue weighted by Crippen LogP contribution is 2.32. The van der Waals surface area contributed by atoms with Gasteiger partial charge in [0.15, 0.2) is 0 Å². The molecule has 2 aliphatic rings. The standard InChI is InChI=1S/C17H31N3O3/c1-11(2)14(18)15(21)20(12-6-7-12)13-8-9-19(10-13)16(22)23-17(3,4)5/h11-14H,6-10,18H2,1-5H3/t13-,14+/m1/s1. The highest BCUT2D eigenvalue weighted by Gasteiger charge is 2.43. The van der Waals surface area contributed by atoms with Gasteiger partial charge in [0.1, 0.15) is 5.60 Å². The van der Waals surface area contributed by atoms with E-state index in [4.69, 9.17) is 10.5 Å². The topological polar surface area (TPSA) is 75.9 Å². The Kier molecular flexibility index (Phi) is 5.23. The van der Waals surface area contributed by atoms with Crippen LogP contribution in [0.4, 0.5) is 4.79 Å². The lowest BCUT2D eigenvalue weighted by molar-refractivity contribution is -0.136. The summed E-state index contributed by atoms with van der Waals surface area (Å²) in [5.74, 6) is 0.144. The quantitative estimate of drug-likeness (QED) is 0.857. The molecule has 132 valence electrons. The number of carbonyl (C=O) groups is 2. The molecule has 1 aliphatic carbocycles. The molecule has 1 saturated carbocycles. The van der Waals surface area contributed by atoms with Gasteiger partial charge in [-0.05, 0) is 46.0 Å². The zero-order valence-corrected chi connectivity index (χ0v) is 15.0. The Bertz CT molecular complexity index is 454. The van der Waals surface area contributed by atoms with Gasteiger partial charge >= 0.3 is 6.09 Å². The normalized spacial score (nSPS) is 23.1. The third kappa shape index (κ3) is 4.59. The number of rotatable bonds is 4. The Morgan fingerprint density at radius 2 is 1.78 bits per heavy atom. The second-order valence-electron chi connectivity index (χ2n) is 8.12. The fourth-order valence-electron chi connectivity index (χ4n) is 2.93. The number of nitrogens with zero attached hydrogens (tertiary/aromatic N) is 2. The molecule has 0 spiro atoms. The minimum atomic E-state index is -0.499. The van der Waals surface area contributed by atoms with Crippen molar-refractivity contribution in [2.75, 3.05) is 13.1 Å². The molecule has 2 rings (SSSR count). The van der Waals surface area contributed by atoms with Crippen LogP contribution < -0.4 is 5.73 Å². The summed E-state index contributed by atoms with van der Waals surface area (Å²) in [5.41, 5.74) is 5.58. The zero-order chi connectivity index (χ0) is 17.4. The van der Waals surface area contributed by atoms with Crippen LogP contribution in [0.2, 0.25) is 0 Å². The van der Waals surface area contributed by atoms with Crippen LogP contribution in [0, 0.1) is 5.92 Å². The Balaban J connectivity index is 2.00. The summed E-state index contributed by atoms with van der Waals surface area (Å²) >= 11 is 0. The molecule has 2 fully saturated rings. The molecule has 2 atom stereocenters. The third-order valence-corrected chi connectivity index (χ3v) is 4.41. The summed E-state index contributed by atoms with van der Waals surface area (Å²) in [5, 5.41) is 0. The van der Waals surface area contributed by atoms with Gasteiger partial charge in [-0.3, -0.25) is 4.79 Å². The van der Waals surface area contributed by atoms with E-state index in [1.54, 1.807) is 4.90 Å². The first kappa shape index (κ1) is 18.0. The van der Waals surface area contributed by atoms with E-state index in [-0.39, 0.29) is 24.0 Å². The van der Waals surface area contributed by atoms with Gasteiger partial charge in [0.2, 0.25) is 5.91 Å². The number of likely N-dealkylation sites (tertiary alicyclic amines) is 1. The maximum Gasteiger partial charge on any atom is 0.410 e. The molecule has 2 N–H and O–H groups in total. The van der Waals surface area contributed by atoms with Crippen LogP contribution in [0.1, 0.15) is 53.9 Å². The van der Waals surface area contributed by atoms with E-state index in [2.05, 4.69) is 0 Å². The van der Waals surface area contributed by atoms with Crippen LogP contribution >= 0.6 is 0 Å². The fourth-order valence-corrected chi connectivity index (χ4v) is 2.93. The third-order valence-electron chi connectivity index (χ3n) is 4.41. The summed E-state index contributed by atoms with van der Waals surface area (Å²) in [6.07, 6.45) is 2.59. The van der Waals surface area contributed by atoms with Crippen LogP contribution in [0.15, 0.2) is 0 Å². The number of nitrogens with two attached hydrogens (primary N) is 1. The molecule has 0 bridgehead atoms. The molecule has 0 aromatic carbocycles. The van der Waals surface area contributed by atoms with Gasteiger partial charge in [0.05, 0.1) is 12.1 Å². The van der Waals surface area contributed by atoms with E-state index in [1.807, 2.05) is 39.5 Å². The van der Waals surface area contributed by atoms with Gasteiger partial charge in [0.25, 0.3) is 0 Å². The predicted octanol–water partition coefficient (Wildman–Crippen LogP) is 1.97. The molecular formula is C17H31N3O3. The molecular weight excluding hydrogens is 294 g/mol. The SMILES string of the molecule is CC(C)[C@H](N)C(=O)N(C1CC1)[C@@H]1CCN(C(=O)OC(C)(C)C)C1. The number of hydrogen-bond donors (Lipinski definition) is 1. The summed E-state index contributed by atoms with van der Waals surface area (Å²) in [6, 6.07) is -0.102. The largest absolute Gasteiger partial charge is 0.444 e. The molecule has 0 radical (unpaired) electrons. The fraction of sp³-hybridized carbons (Fsp3) is 0.882. The molecule has 6 nitrogen and oxygen atoms in total. The molecule has 2 amide bonds. The van der Waals surface area contributed by atoms with Crippen LogP contribution in [-0.4, -0.2) is 58.6 Å². The number of hydrogen-bond acceptors (Lipinski definition) is 4. The van der Waals surface area contributed by atoms with Gasteiger partial charge in [-0.25, -0.2) is 4.79 Å². The zero-order valence-electron chi connectivity index (χ0n) is 15.0. The van der Waals surface area contributed by atoms with E-state index in [0.29, 0.717) is 19.1 Å².